The van der Waals surface area contributed by atoms with Crippen molar-refractivity contribution in [2.75, 3.05) is 13.2 Å². The molecule has 0 spiro atoms. The molecule has 0 saturated heterocycles. The Morgan fingerprint density at radius 3 is 2.76 bits per heavy atom. The first-order valence-corrected chi connectivity index (χ1v) is 7.92. The number of benzene rings is 2. The second-order valence-corrected chi connectivity index (χ2v) is 5.62. The maximum Gasteiger partial charge on any atom is 0.122 e. The predicted octanol–water partition coefficient (Wildman–Crippen LogP) is 4.10. The van der Waals surface area contributed by atoms with E-state index in [-0.39, 0.29) is 6.04 Å². The number of hydrogen-bond acceptors (Lipinski definition) is 2. The highest BCUT2D eigenvalue weighted by molar-refractivity contribution is 5.42. The highest BCUT2D eigenvalue weighted by Crippen LogP contribution is 2.30. The van der Waals surface area contributed by atoms with Crippen LogP contribution in [0.15, 0.2) is 48.5 Å². The van der Waals surface area contributed by atoms with Crippen molar-refractivity contribution in [2.45, 2.75) is 32.2 Å². The zero-order valence-corrected chi connectivity index (χ0v) is 12.6. The Hall–Kier alpha value is -1.80. The molecular weight excluding hydrogens is 258 g/mol. The first kappa shape index (κ1) is 14.2. The van der Waals surface area contributed by atoms with Gasteiger partial charge in [-0.15, -0.1) is 0 Å². The molecule has 0 fully saturated rings. The van der Waals surface area contributed by atoms with Crippen molar-refractivity contribution >= 4 is 0 Å². The second kappa shape index (κ2) is 6.77. The minimum absolute atomic E-state index is 0.262. The maximum atomic E-state index is 5.72. The van der Waals surface area contributed by atoms with Crippen LogP contribution in [0.4, 0.5) is 0 Å². The molecule has 110 valence electrons. The molecule has 1 heterocycles. The molecule has 1 N–H and O–H groups in total. The molecule has 1 aliphatic rings. The van der Waals surface area contributed by atoms with E-state index in [4.69, 9.17) is 4.74 Å². The average Bonchev–Trinajstić information content (AvgIpc) is 2.56. The van der Waals surface area contributed by atoms with Gasteiger partial charge in [0, 0.05) is 0 Å². The second-order valence-electron chi connectivity index (χ2n) is 5.62. The first-order valence-electron chi connectivity index (χ1n) is 7.92. The van der Waals surface area contributed by atoms with Crippen molar-refractivity contribution in [3.8, 4) is 5.75 Å². The average molecular weight is 281 g/mol. The minimum Gasteiger partial charge on any atom is -0.493 e. The fourth-order valence-electron chi connectivity index (χ4n) is 2.92. The summed E-state index contributed by atoms with van der Waals surface area (Å²) in [5.74, 6) is 1.06. The largest absolute Gasteiger partial charge is 0.493 e. The number of fused-ring (bicyclic) bond motifs is 1. The van der Waals surface area contributed by atoms with Gasteiger partial charge in [0.1, 0.15) is 5.75 Å². The van der Waals surface area contributed by atoms with E-state index in [2.05, 4.69) is 60.8 Å². The third-order valence-corrected chi connectivity index (χ3v) is 4.00. The number of hydrogen-bond donors (Lipinski definition) is 1. The molecule has 0 bridgehead atoms. The van der Waals surface area contributed by atoms with Crippen LogP contribution in [0.2, 0.25) is 0 Å². The van der Waals surface area contributed by atoms with Crippen LogP contribution in [0.5, 0.6) is 5.75 Å². The summed E-state index contributed by atoms with van der Waals surface area (Å²) in [6.07, 6.45) is 3.38. The molecule has 2 aromatic rings. The fourth-order valence-corrected chi connectivity index (χ4v) is 2.92. The van der Waals surface area contributed by atoms with Crippen molar-refractivity contribution in [1.29, 1.82) is 0 Å². The zero-order valence-electron chi connectivity index (χ0n) is 12.6. The van der Waals surface area contributed by atoms with Gasteiger partial charge in [-0.3, -0.25) is 0 Å². The van der Waals surface area contributed by atoms with Crippen molar-refractivity contribution in [3.05, 3.63) is 65.2 Å². The van der Waals surface area contributed by atoms with Crippen LogP contribution in [-0.4, -0.2) is 13.2 Å². The van der Waals surface area contributed by atoms with Gasteiger partial charge in [0.25, 0.3) is 0 Å². The lowest BCUT2D eigenvalue weighted by molar-refractivity contribution is 0.288. The molecule has 0 amide bonds. The molecule has 0 aromatic heterocycles. The Morgan fingerprint density at radius 2 is 1.95 bits per heavy atom. The SMILES string of the molecule is CCCNC(c1ccccc1)c1ccc2c(c1)CCCO2. The van der Waals surface area contributed by atoms with E-state index < -0.39 is 0 Å². The van der Waals surface area contributed by atoms with Crippen LogP contribution in [-0.2, 0) is 6.42 Å². The highest BCUT2D eigenvalue weighted by Gasteiger charge is 2.16. The number of nitrogens with one attached hydrogen (secondary N) is 1. The molecule has 2 nitrogen and oxygen atoms in total. The Bertz CT molecular complexity index is 579. The quantitative estimate of drug-likeness (QED) is 0.891. The molecular formula is C19H23NO. The first-order chi connectivity index (χ1) is 10.4. The van der Waals surface area contributed by atoms with Crippen molar-refractivity contribution in [2.24, 2.45) is 0 Å². The summed E-state index contributed by atoms with van der Waals surface area (Å²) in [5, 5.41) is 3.67. The molecule has 0 aliphatic carbocycles. The Balaban J connectivity index is 1.92. The van der Waals surface area contributed by atoms with Crippen molar-refractivity contribution in [3.63, 3.8) is 0 Å². The van der Waals surface area contributed by atoms with Gasteiger partial charge in [0.15, 0.2) is 0 Å². The predicted molar refractivity (Wildman–Crippen MR) is 86.8 cm³/mol. The maximum absolute atomic E-state index is 5.72. The summed E-state index contributed by atoms with van der Waals surface area (Å²) < 4.78 is 5.72. The molecule has 1 aliphatic heterocycles. The minimum atomic E-state index is 0.262. The van der Waals surface area contributed by atoms with Crippen LogP contribution in [0.3, 0.4) is 0 Å². The number of ether oxygens (including phenoxy) is 1. The van der Waals surface area contributed by atoms with E-state index in [1.165, 1.54) is 16.7 Å². The summed E-state index contributed by atoms with van der Waals surface area (Å²) in [4.78, 5) is 0. The van der Waals surface area contributed by atoms with Gasteiger partial charge in [-0.2, -0.15) is 0 Å². The zero-order chi connectivity index (χ0) is 14.5. The van der Waals surface area contributed by atoms with Crippen molar-refractivity contribution in [1.82, 2.24) is 5.32 Å². The van der Waals surface area contributed by atoms with Gasteiger partial charge in [0.05, 0.1) is 12.6 Å². The molecule has 3 rings (SSSR count). The molecule has 1 unspecified atom stereocenters. The normalized spacial score (nSPS) is 15.1. The molecule has 2 aromatic carbocycles. The lowest BCUT2D eigenvalue weighted by Gasteiger charge is -2.23. The molecule has 21 heavy (non-hydrogen) atoms. The summed E-state index contributed by atoms with van der Waals surface area (Å²) in [6.45, 7) is 4.07. The van der Waals surface area contributed by atoms with Gasteiger partial charge < -0.3 is 10.1 Å². The van der Waals surface area contributed by atoms with E-state index in [0.29, 0.717) is 0 Å². The Labute approximate surface area is 127 Å². The molecule has 2 heteroatoms. The van der Waals surface area contributed by atoms with Crippen LogP contribution in [0.1, 0.15) is 42.5 Å². The highest BCUT2D eigenvalue weighted by atomic mass is 16.5. The topological polar surface area (TPSA) is 21.3 Å². The summed E-state index contributed by atoms with van der Waals surface area (Å²) in [7, 11) is 0. The third kappa shape index (κ3) is 3.27. The van der Waals surface area contributed by atoms with Crippen LogP contribution in [0, 0.1) is 0 Å². The van der Waals surface area contributed by atoms with Crippen LogP contribution in [0.25, 0.3) is 0 Å². The van der Waals surface area contributed by atoms with Gasteiger partial charge in [-0.25, -0.2) is 0 Å². The van der Waals surface area contributed by atoms with E-state index in [1.54, 1.807) is 0 Å². The fraction of sp³-hybridized carbons (Fsp3) is 0.368. The number of rotatable bonds is 5. The lowest BCUT2D eigenvalue weighted by atomic mass is 9.95. The molecule has 0 radical (unpaired) electrons. The van der Waals surface area contributed by atoms with Gasteiger partial charge >= 0.3 is 0 Å². The summed E-state index contributed by atoms with van der Waals surface area (Å²) in [5.41, 5.74) is 4.00. The van der Waals surface area contributed by atoms with Gasteiger partial charge in [-0.1, -0.05) is 49.4 Å². The van der Waals surface area contributed by atoms with E-state index in [1.807, 2.05) is 0 Å². The van der Waals surface area contributed by atoms with Crippen LogP contribution < -0.4 is 10.1 Å². The summed E-state index contributed by atoms with van der Waals surface area (Å²) in [6, 6.07) is 17.6. The lowest BCUT2D eigenvalue weighted by Crippen LogP contribution is -2.23. The van der Waals surface area contributed by atoms with Crippen molar-refractivity contribution < 1.29 is 4.74 Å². The van der Waals surface area contributed by atoms with E-state index in [0.717, 1.165) is 38.2 Å². The van der Waals surface area contributed by atoms with Crippen LogP contribution >= 0.6 is 0 Å². The van der Waals surface area contributed by atoms with E-state index in [9.17, 15) is 0 Å². The molecule has 0 saturated carbocycles. The Kier molecular flexibility index (Phi) is 4.56. The molecule has 1 atom stereocenters. The monoisotopic (exact) mass is 281 g/mol. The Morgan fingerprint density at radius 1 is 1.10 bits per heavy atom. The number of aryl methyl sites for hydroxylation is 1. The standard InChI is InChI=1S/C19H23NO/c1-2-12-20-19(15-7-4-3-5-8-15)17-10-11-18-16(14-17)9-6-13-21-18/h3-5,7-8,10-11,14,19-20H,2,6,9,12-13H2,1H3. The third-order valence-electron chi connectivity index (χ3n) is 4.00. The van der Waals surface area contributed by atoms with E-state index >= 15 is 0 Å². The van der Waals surface area contributed by atoms with Gasteiger partial charge in [-0.05, 0) is 48.6 Å². The summed E-state index contributed by atoms with van der Waals surface area (Å²) >= 11 is 0. The smallest absolute Gasteiger partial charge is 0.122 e. The van der Waals surface area contributed by atoms with Gasteiger partial charge in [0.2, 0.25) is 0 Å².